The van der Waals surface area contributed by atoms with Gasteiger partial charge in [0.1, 0.15) is 0 Å². The number of anilines is 2. The van der Waals surface area contributed by atoms with Gasteiger partial charge in [0.05, 0.1) is 5.69 Å². The lowest BCUT2D eigenvalue weighted by Gasteiger charge is -2.16. The number of aromatic nitrogens is 1. The molecule has 0 aliphatic heterocycles. The van der Waals surface area contributed by atoms with Crippen LogP contribution in [0.4, 0.5) is 11.4 Å². The van der Waals surface area contributed by atoms with E-state index in [0.29, 0.717) is 11.3 Å². The van der Waals surface area contributed by atoms with Crippen LogP contribution in [-0.4, -0.2) is 17.9 Å². The molecular weight excluding hydrogens is 250 g/mol. The summed E-state index contributed by atoms with van der Waals surface area (Å²) in [5, 5.41) is 1.02. The summed E-state index contributed by atoms with van der Waals surface area (Å²) in [5.74, 6) is -0.0814. The minimum absolute atomic E-state index is 0.0814. The quantitative estimate of drug-likeness (QED) is 0.700. The fourth-order valence-electron chi connectivity index (χ4n) is 2.31. The number of hydrogen-bond donors (Lipinski definition) is 2. The fraction of sp³-hybridized carbons (Fsp3) is 0.0625. The number of amides is 1. The average Bonchev–Trinajstić information content (AvgIpc) is 2.89. The minimum Gasteiger partial charge on any atom is -0.399 e. The molecule has 0 saturated heterocycles. The maximum Gasteiger partial charge on any atom is 0.258 e. The Morgan fingerprint density at radius 2 is 1.95 bits per heavy atom. The maximum atomic E-state index is 12.5. The molecule has 2 aromatic carbocycles. The summed E-state index contributed by atoms with van der Waals surface area (Å²) >= 11 is 0. The Hall–Kier alpha value is -2.75. The number of benzene rings is 2. The molecule has 0 radical (unpaired) electrons. The highest BCUT2D eigenvalue weighted by Gasteiger charge is 2.16. The van der Waals surface area contributed by atoms with Crippen molar-refractivity contribution in [2.45, 2.75) is 0 Å². The van der Waals surface area contributed by atoms with Crippen LogP contribution in [0.5, 0.6) is 0 Å². The first kappa shape index (κ1) is 12.3. The third-order valence-electron chi connectivity index (χ3n) is 3.37. The zero-order valence-electron chi connectivity index (χ0n) is 11.1. The van der Waals surface area contributed by atoms with Crippen LogP contribution >= 0.6 is 0 Å². The number of rotatable bonds is 2. The second-order valence-electron chi connectivity index (χ2n) is 4.71. The van der Waals surface area contributed by atoms with E-state index in [1.54, 1.807) is 36.2 Å². The molecule has 4 nitrogen and oxygen atoms in total. The third kappa shape index (κ3) is 2.01. The van der Waals surface area contributed by atoms with E-state index < -0.39 is 0 Å². The fourth-order valence-corrected chi connectivity index (χ4v) is 2.31. The molecule has 0 saturated carbocycles. The van der Waals surface area contributed by atoms with Crippen molar-refractivity contribution in [3.8, 4) is 0 Å². The molecule has 1 aromatic heterocycles. The van der Waals surface area contributed by atoms with Crippen molar-refractivity contribution in [1.29, 1.82) is 0 Å². The number of fused-ring (bicyclic) bond motifs is 1. The predicted molar refractivity (Wildman–Crippen MR) is 81.9 cm³/mol. The molecule has 0 atom stereocenters. The number of nitrogens with zero attached hydrogens (tertiary/aromatic N) is 1. The number of nitrogens with one attached hydrogen (secondary N) is 1. The molecule has 0 aliphatic rings. The molecule has 0 fully saturated rings. The average molecular weight is 265 g/mol. The molecule has 3 rings (SSSR count). The Morgan fingerprint density at radius 3 is 2.75 bits per heavy atom. The lowest BCUT2D eigenvalue weighted by atomic mass is 10.1. The van der Waals surface area contributed by atoms with Gasteiger partial charge in [-0.15, -0.1) is 0 Å². The molecule has 0 spiro atoms. The lowest BCUT2D eigenvalue weighted by Crippen LogP contribution is -2.26. The third-order valence-corrected chi connectivity index (χ3v) is 3.37. The van der Waals surface area contributed by atoms with Crippen molar-refractivity contribution in [2.75, 3.05) is 17.7 Å². The molecule has 1 heterocycles. The van der Waals surface area contributed by atoms with Gasteiger partial charge in [0.25, 0.3) is 5.91 Å². The molecule has 0 bridgehead atoms. The molecule has 20 heavy (non-hydrogen) atoms. The highest BCUT2D eigenvalue weighted by Crippen LogP contribution is 2.26. The molecule has 100 valence electrons. The van der Waals surface area contributed by atoms with Gasteiger partial charge in [-0.05, 0) is 24.3 Å². The zero-order valence-corrected chi connectivity index (χ0v) is 11.1. The molecule has 0 aliphatic carbocycles. The number of carbonyl (C=O) groups excluding carboxylic acids is 1. The van der Waals surface area contributed by atoms with Crippen molar-refractivity contribution >= 4 is 28.2 Å². The van der Waals surface area contributed by atoms with E-state index >= 15 is 0 Å². The monoisotopic (exact) mass is 265 g/mol. The number of hydrogen-bond acceptors (Lipinski definition) is 2. The lowest BCUT2D eigenvalue weighted by molar-refractivity contribution is 0.0993. The van der Waals surface area contributed by atoms with Crippen molar-refractivity contribution in [3.05, 3.63) is 60.3 Å². The topological polar surface area (TPSA) is 62.1 Å². The Labute approximate surface area is 116 Å². The van der Waals surface area contributed by atoms with Crippen LogP contribution in [0.15, 0.2) is 54.7 Å². The first-order valence-electron chi connectivity index (χ1n) is 6.36. The zero-order chi connectivity index (χ0) is 14.1. The molecule has 0 unspecified atom stereocenters. The number of carbonyl (C=O) groups is 1. The van der Waals surface area contributed by atoms with E-state index in [4.69, 9.17) is 5.73 Å². The summed E-state index contributed by atoms with van der Waals surface area (Å²) < 4.78 is 0. The van der Waals surface area contributed by atoms with E-state index in [9.17, 15) is 4.79 Å². The Morgan fingerprint density at radius 1 is 1.15 bits per heavy atom. The number of nitrogens with two attached hydrogens (primary N) is 1. The van der Waals surface area contributed by atoms with Crippen LogP contribution in [-0.2, 0) is 0 Å². The SMILES string of the molecule is CN(C(=O)c1cccc(N)c1)c1c[nH]c2ccccc12. The van der Waals surface area contributed by atoms with E-state index in [0.717, 1.165) is 16.6 Å². The normalized spacial score (nSPS) is 10.7. The smallest absolute Gasteiger partial charge is 0.258 e. The van der Waals surface area contributed by atoms with Crippen LogP contribution in [0.1, 0.15) is 10.4 Å². The second-order valence-corrected chi connectivity index (χ2v) is 4.71. The number of H-pyrrole nitrogens is 1. The van der Waals surface area contributed by atoms with Gasteiger partial charge in [-0.25, -0.2) is 0 Å². The Kier molecular flexibility index (Phi) is 2.91. The van der Waals surface area contributed by atoms with Gasteiger partial charge >= 0.3 is 0 Å². The van der Waals surface area contributed by atoms with E-state index in [2.05, 4.69) is 4.98 Å². The van der Waals surface area contributed by atoms with Crippen molar-refractivity contribution in [3.63, 3.8) is 0 Å². The summed E-state index contributed by atoms with van der Waals surface area (Å²) in [4.78, 5) is 17.3. The largest absolute Gasteiger partial charge is 0.399 e. The van der Waals surface area contributed by atoms with Crippen molar-refractivity contribution in [1.82, 2.24) is 4.98 Å². The van der Waals surface area contributed by atoms with Crippen LogP contribution in [0, 0.1) is 0 Å². The molecule has 1 amide bonds. The Bertz CT molecular complexity index is 776. The van der Waals surface area contributed by atoms with E-state index in [-0.39, 0.29) is 5.91 Å². The first-order chi connectivity index (χ1) is 9.66. The minimum atomic E-state index is -0.0814. The summed E-state index contributed by atoms with van der Waals surface area (Å²) in [6.45, 7) is 0. The summed E-state index contributed by atoms with van der Waals surface area (Å²) in [6, 6.07) is 14.9. The molecule has 3 N–H and O–H groups in total. The summed E-state index contributed by atoms with van der Waals surface area (Å²) in [6.07, 6.45) is 1.84. The highest BCUT2D eigenvalue weighted by atomic mass is 16.2. The van der Waals surface area contributed by atoms with Crippen LogP contribution in [0.2, 0.25) is 0 Å². The summed E-state index contributed by atoms with van der Waals surface area (Å²) in [7, 11) is 1.77. The number of para-hydroxylation sites is 1. The standard InChI is InChI=1S/C16H15N3O/c1-19(16(20)11-5-4-6-12(17)9-11)15-10-18-14-8-3-2-7-13(14)15/h2-10,18H,17H2,1H3. The van der Waals surface area contributed by atoms with Gasteiger partial charge in [-0.2, -0.15) is 0 Å². The van der Waals surface area contributed by atoms with E-state index in [1.807, 2.05) is 30.5 Å². The van der Waals surface area contributed by atoms with Crippen LogP contribution < -0.4 is 10.6 Å². The van der Waals surface area contributed by atoms with Crippen molar-refractivity contribution < 1.29 is 4.79 Å². The van der Waals surface area contributed by atoms with Gasteiger partial charge in [-0.3, -0.25) is 4.79 Å². The van der Waals surface area contributed by atoms with Gasteiger partial charge < -0.3 is 15.6 Å². The van der Waals surface area contributed by atoms with Gasteiger partial charge in [0, 0.05) is 35.4 Å². The van der Waals surface area contributed by atoms with Crippen molar-refractivity contribution in [2.24, 2.45) is 0 Å². The van der Waals surface area contributed by atoms with E-state index in [1.165, 1.54) is 0 Å². The Balaban J connectivity index is 2.00. The molecular formula is C16H15N3O. The molecule has 3 aromatic rings. The molecule has 4 heteroatoms. The number of nitrogen functional groups attached to an aromatic ring is 1. The second kappa shape index (κ2) is 4.74. The van der Waals surface area contributed by atoms with Gasteiger partial charge in [-0.1, -0.05) is 24.3 Å². The van der Waals surface area contributed by atoms with Crippen LogP contribution in [0.25, 0.3) is 10.9 Å². The first-order valence-corrected chi connectivity index (χ1v) is 6.36. The van der Waals surface area contributed by atoms with Gasteiger partial charge in [0.2, 0.25) is 0 Å². The maximum absolute atomic E-state index is 12.5. The van der Waals surface area contributed by atoms with Crippen LogP contribution in [0.3, 0.4) is 0 Å². The van der Waals surface area contributed by atoms with Gasteiger partial charge in [0.15, 0.2) is 0 Å². The summed E-state index contributed by atoms with van der Waals surface area (Å²) in [5.41, 5.74) is 8.76. The highest BCUT2D eigenvalue weighted by molar-refractivity contribution is 6.10. The predicted octanol–water partition coefficient (Wildman–Crippen LogP) is 3.03. The number of aromatic amines is 1.